The van der Waals surface area contributed by atoms with Gasteiger partial charge in [0.2, 0.25) is 0 Å². The highest BCUT2D eigenvalue weighted by Gasteiger charge is 2.21. The molecule has 1 aliphatic rings. The molecular formula is C12H17NOS. The number of hydrogen-bond donors (Lipinski definition) is 1. The van der Waals surface area contributed by atoms with Crippen LogP contribution >= 0.6 is 0 Å². The van der Waals surface area contributed by atoms with Crippen molar-refractivity contribution in [1.82, 2.24) is 5.32 Å². The summed E-state index contributed by atoms with van der Waals surface area (Å²) < 4.78 is 11.8. The van der Waals surface area contributed by atoms with E-state index in [2.05, 4.69) is 36.5 Å². The standard InChI is InChI=1S/C12H17NOS/c1-2-10-3-5-11(6-4-10)12-9-13-7-8-15(12)14/h3-6,12-13H,2,7-9H2,1H3. The van der Waals surface area contributed by atoms with Crippen LogP contribution < -0.4 is 5.32 Å². The zero-order valence-electron chi connectivity index (χ0n) is 9.03. The first-order chi connectivity index (χ1) is 7.31. The van der Waals surface area contributed by atoms with Crippen LogP contribution in [0.15, 0.2) is 24.3 Å². The Kier molecular flexibility index (Phi) is 3.54. The molecular weight excluding hydrogens is 206 g/mol. The topological polar surface area (TPSA) is 29.1 Å². The van der Waals surface area contributed by atoms with Crippen LogP contribution in [0.5, 0.6) is 0 Å². The second-order valence-corrected chi connectivity index (χ2v) is 5.61. The van der Waals surface area contributed by atoms with Crippen LogP contribution in [0.4, 0.5) is 0 Å². The molecule has 2 unspecified atom stereocenters. The van der Waals surface area contributed by atoms with Crippen molar-refractivity contribution in [1.29, 1.82) is 0 Å². The van der Waals surface area contributed by atoms with Gasteiger partial charge in [-0.15, -0.1) is 0 Å². The quantitative estimate of drug-likeness (QED) is 0.826. The summed E-state index contributed by atoms with van der Waals surface area (Å²) in [7, 11) is -0.700. The first kappa shape index (κ1) is 10.8. The molecule has 1 aliphatic heterocycles. The summed E-state index contributed by atoms with van der Waals surface area (Å²) in [6.07, 6.45) is 1.06. The normalized spacial score (nSPS) is 26.5. The molecule has 0 amide bonds. The minimum atomic E-state index is -0.700. The number of aryl methyl sites for hydroxylation is 1. The zero-order valence-corrected chi connectivity index (χ0v) is 9.85. The van der Waals surface area contributed by atoms with E-state index in [1.165, 1.54) is 11.1 Å². The predicted molar refractivity (Wildman–Crippen MR) is 64.4 cm³/mol. The van der Waals surface area contributed by atoms with Crippen molar-refractivity contribution < 1.29 is 4.21 Å². The Hall–Kier alpha value is -0.670. The lowest BCUT2D eigenvalue weighted by molar-refractivity contribution is 0.624. The third-order valence-electron chi connectivity index (χ3n) is 2.89. The highest BCUT2D eigenvalue weighted by molar-refractivity contribution is 7.85. The van der Waals surface area contributed by atoms with E-state index >= 15 is 0 Å². The number of rotatable bonds is 2. The van der Waals surface area contributed by atoms with Crippen LogP contribution in [-0.2, 0) is 17.2 Å². The number of benzene rings is 1. The molecule has 1 aromatic carbocycles. The third-order valence-corrected chi connectivity index (χ3v) is 4.57. The Labute approximate surface area is 93.5 Å². The van der Waals surface area contributed by atoms with Crippen molar-refractivity contribution in [2.45, 2.75) is 18.6 Å². The Morgan fingerprint density at radius 1 is 1.40 bits per heavy atom. The van der Waals surface area contributed by atoms with Crippen LogP contribution in [0.25, 0.3) is 0 Å². The molecule has 0 radical (unpaired) electrons. The molecule has 2 nitrogen and oxygen atoms in total. The highest BCUT2D eigenvalue weighted by atomic mass is 32.2. The Morgan fingerprint density at radius 2 is 2.13 bits per heavy atom. The zero-order chi connectivity index (χ0) is 10.7. The molecule has 1 N–H and O–H groups in total. The second kappa shape index (κ2) is 4.90. The maximum absolute atomic E-state index is 11.8. The number of hydrogen-bond acceptors (Lipinski definition) is 2. The molecule has 0 spiro atoms. The second-order valence-electron chi connectivity index (χ2n) is 3.87. The van der Waals surface area contributed by atoms with E-state index in [0.29, 0.717) is 0 Å². The maximum Gasteiger partial charge on any atom is 0.0722 e. The third kappa shape index (κ3) is 2.47. The van der Waals surface area contributed by atoms with Gasteiger partial charge >= 0.3 is 0 Å². The average Bonchev–Trinajstić information content (AvgIpc) is 2.30. The SMILES string of the molecule is CCc1ccc(C2CNCCS2=O)cc1. The van der Waals surface area contributed by atoms with Gasteiger partial charge < -0.3 is 5.32 Å². The molecule has 82 valence electrons. The molecule has 2 atom stereocenters. The van der Waals surface area contributed by atoms with Crippen molar-refractivity contribution in [2.24, 2.45) is 0 Å². The van der Waals surface area contributed by atoms with Gasteiger partial charge in [-0.3, -0.25) is 4.21 Å². The van der Waals surface area contributed by atoms with Gasteiger partial charge in [0, 0.05) is 29.6 Å². The van der Waals surface area contributed by atoms with Crippen molar-refractivity contribution in [3.8, 4) is 0 Å². The van der Waals surface area contributed by atoms with Gasteiger partial charge in [-0.1, -0.05) is 31.2 Å². The first-order valence-corrected chi connectivity index (χ1v) is 6.86. The average molecular weight is 223 g/mol. The van der Waals surface area contributed by atoms with Gasteiger partial charge in [0.15, 0.2) is 0 Å². The van der Waals surface area contributed by atoms with E-state index in [9.17, 15) is 4.21 Å². The Bertz CT molecular complexity index is 347. The van der Waals surface area contributed by atoms with E-state index in [4.69, 9.17) is 0 Å². The Morgan fingerprint density at radius 3 is 2.73 bits per heavy atom. The smallest absolute Gasteiger partial charge is 0.0722 e. The van der Waals surface area contributed by atoms with E-state index in [1.807, 2.05) is 0 Å². The minimum absolute atomic E-state index is 0.185. The lowest BCUT2D eigenvalue weighted by Crippen LogP contribution is -2.35. The molecule has 0 aliphatic carbocycles. The van der Waals surface area contributed by atoms with Crippen LogP contribution in [0.1, 0.15) is 23.3 Å². The van der Waals surface area contributed by atoms with Crippen LogP contribution in [0, 0.1) is 0 Å². The summed E-state index contributed by atoms with van der Waals surface area (Å²) in [5.74, 6) is 0.778. The minimum Gasteiger partial charge on any atom is -0.314 e. The van der Waals surface area contributed by atoms with Crippen molar-refractivity contribution in [3.63, 3.8) is 0 Å². The van der Waals surface area contributed by atoms with Crippen LogP contribution in [-0.4, -0.2) is 23.1 Å². The van der Waals surface area contributed by atoms with Crippen molar-refractivity contribution in [2.75, 3.05) is 18.8 Å². The maximum atomic E-state index is 11.8. The molecule has 1 saturated heterocycles. The molecule has 0 aromatic heterocycles. The summed E-state index contributed by atoms with van der Waals surface area (Å²) in [5, 5.41) is 3.48. The fraction of sp³-hybridized carbons (Fsp3) is 0.500. The van der Waals surface area contributed by atoms with Gasteiger partial charge in [-0.2, -0.15) is 0 Å². The monoisotopic (exact) mass is 223 g/mol. The summed E-state index contributed by atoms with van der Waals surface area (Å²) >= 11 is 0. The largest absolute Gasteiger partial charge is 0.314 e. The van der Waals surface area contributed by atoms with E-state index in [-0.39, 0.29) is 5.25 Å². The summed E-state index contributed by atoms with van der Waals surface area (Å²) in [6, 6.07) is 8.52. The molecule has 2 rings (SSSR count). The number of nitrogens with one attached hydrogen (secondary N) is 1. The molecule has 3 heteroatoms. The lowest BCUT2D eigenvalue weighted by atomic mass is 10.1. The lowest BCUT2D eigenvalue weighted by Gasteiger charge is -2.22. The van der Waals surface area contributed by atoms with Crippen molar-refractivity contribution >= 4 is 10.8 Å². The predicted octanol–water partition coefficient (Wildman–Crippen LogP) is 1.64. The van der Waals surface area contributed by atoms with Gasteiger partial charge in [-0.25, -0.2) is 0 Å². The summed E-state index contributed by atoms with van der Waals surface area (Å²) in [6.45, 7) is 3.88. The first-order valence-electron chi connectivity index (χ1n) is 5.48. The molecule has 1 fully saturated rings. The molecule has 1 heterocycles. The summed E-state index contributed by atoms with van der Waals surface area (Å²) in [5.41, 5.74) is 2.55. The van der Waals surface area contributed by atoms with Crippen molar-refractivity contribution in [3.05, 3.63) is 35.4 Å². The molecule has 0 bridgehead atoms. The fourth-order valence-corrected chi connectivity index (χ4v) is 3.27. The van der Waals surface area contributed by atoms with E-state index < -0.39 is 10.8 Å². The molecule has 15 heavy (non-hydrogen) atoms. The Balaban J connectivity index is 2.17. The van der Waals surface area contributed by atoms with E-state index in [0.717, 1.165) is 25.3 Å². The van der Waals surface area contributed by atoms with Gasteiger partial charge in [-0.05, 0) is 17.5 Å². The van der Waals surface area contributed by atoms with E-state index in [1.54, 1.807) is 0 Å². The van der Waals surface area contributed by atoms with Gasteiger partial charge in [0.25, 0.3) is 0 Å². The van der Waals surface area contributed by atoms with Crippen LogP contribution in [0.2, 0.25) is 0 Å². The van der Waals surface area contributed by atoms with Crippen LogP contribution in [0.3, 0.4) is 0 Å². The van der Waals surface area contributed by atoms with Gasteiger partial charge in [0.05, 0.1) is 5.25 Å². The van der Waals surface area contributed by atoms with Gasteiger partial charge in [0.1, 0.15) is 0 Å². The summed E-state index contributed by atoms with van der Waals surface area (Å²) in [4.78, 5) is 0. The molecule has 0 saturated carbocycles. The highest BCUT2D eigenvalue weighted by Crippen LogP contribution is 2.22. The molecule has 1 aromatic rings. The fourth-order valence-electron chi connectivity index (χ4n) is 1.88.